The molecule has 0 saturated heterocycles. The minimum atomic E-state index is -3.80. The number of hydrogen-bond donors (Lipinski definition) is 3. The van der Waals surface area contributed by atoms with E-state index in [-0.39, 0.29) is 23.5 Å². The lowest BCUT2D eigenvalue weighted by atomic mass is 9.92. The zero-order valence-electron chi connectivity index (χ0n) is 22.4. The monoisotopic (exact) mass is 565 g/mol. The van der Waals surface area contributed by atoms with E-state index in [0.717, 1.165) is 43.2 Å². The van der Waals surface area contributed by atoms with Crippen molar-refractivity contribution in [2.75, 3.05) is 17.1 Å². The quantitative estimate of drug-likeness (QED) is 0.268. The smallest absolute Gasteiger partial charge is 0.238 e. The predicted molar refractivity (Wildman–Crippen MR) is 153 cm³/mol. The number of pyridine rings is 2. The van der Waals surface area contributed by atoms with Crippen LogP contribution in [0.5, 0.6) is 5.88 Å². The Labute approximate surface area is 232 Å². The van der Waals surface area contributed by atoms with Crippen molar-refractivity contribution in [1.82, 2.24) is 19.9 Å². The van der Waals surface area contributed by atoms with E-state index in [1.807, 2.05) is 13.0 Å². The Morgan fingerprint density at radius 3 is 2.50 bits per heavy atom. The van der Waals surface area contributed by atoms with E-state index in [4.69, 9.17) is 20.4 Å². The van der Waals surface area contributed by atoms with Crippen LogP contribution in [0.1, 0.15) is 43.7 Å². The van der Waals surface area contributed by atoms with E-state index >= 15 is 0 Å². The van der Waals surface area contributed by atoms with Gasteiger partial charge in [-0.1, -0.05) is 19.1 Å². The Morgan fingerprint density at radius 2 is 1.80 bits per heavy atom. The Hall–Kier alpha value is -3.90. The number of hydrogen-bond acceptors (Lipinski definition) is 9. The van der Waals surface area contributed by atoms with Gasteiger partial charge < -0.3 is 15.8 Å². The molecule has 1 saturated carbocycles. The molecule has 0 bridgehead atoms. The third kappa shape index (κ3) is 6.45. The van der Waals surface area contributed by atoms with Gasteiger partial charge in [0.05, 0.1) is 35.8 Å². The first kappa shape index (κ1) is 27.7. The van der Waals surface area contributed by atoms with E-state index in [9.17, 15) is 12.8 Å². The van der Waals surface area contributed by atoms with Gasteiger partial charge in [-0.2, -0.15) is 4.98 Å². The first-order chi connectivity index (χ1) is 19.2. The van der Waals surface area contributed by atoms with Crippen LogP contribution >= 0.6 is 0 Å². The van der Waals surface area contributed by atoms with Crippen molar-refractivity contribution in [3.63, 3.8) is 0 Å². The summed E-state index contributed by atoms with van der Waals surface area (Å²) in [5, 5.41) is 3.44. The number of benzene rings is 1. The topological polar surface area (TPSA) is 145 Å². The van der Waals surface area contributed by atoms with Crippen molar-refractivity contribution in [2.45, 2.75) is 56.9 Å². The molecule has 3 heterocycles. The first-order valence-corrected chi connectivity index (χ1v) is 14.9. The zero-order chi connectivity index (χ0) is 28.3. The lowest BCUT2D eigenvalue weighted by molar-refractivity contribution is 0.400. The van der Waals surface area contributed by atoms with Crippen LogP contribution in [0.4, 0.5) is 16.2 Å². The number of aryl methyl sites for hydroxylation is 1. The maximum atomic E-state index is 13.2. The molecule has 210 valence electrons. The molecule has 1 aliphatic rings. The van der Waals surface area contributed by atoms with Gasteiger partial charge in [0.2, 0.25) is 21.9 Å². The van der Waals surface area contributed by atoms with E-state index in [1.165, 1.54) is 31.4 Å². The molecule has 40 heavy (non-hydrogen) atoms. The fourth-order valence-corrected chi connectivity index (χ4v) is 5.99. The fourth-order valence-electron chi connectivity index (χ4n) is 4.86. The number of anilines is 2. The Kier molecular flexibility index (Phi) is 8.08. The summed E-state index contributed by atoms with van der Waals surface area (Å²) in [5.41, 5.74) is 10.1. The van der Waals surface area contributed by atoms with E-state index in [2.05, 4.69) is 20.0 Å². The van der Waals surface area contributed by atoms with Crippen LogP contribution in [-0.4, -0.2) is 47.5 Å². The molecule has 3 aromatic heterocycles. The first-order valence-electron chi connectivity index (χ1n) is 13.2. The van der Waals surface area contributed by atoms with Crippen LogP contribution in [0.2, 0.25) is 0 Å². The number of fused-ring (bicyclic) bond motifs is 1. The standard InChI is InChI=1S/C28H32FN7O3S/c1-3-18-14-23(33-24-15-31-28(35-26(18)24)32-21-10-8-20(30)9-11-21)22-12-13-25(34-27(22)39-2)36-40(37,38)16-17-4-6-19(29)7-5-17/h4-7,12-15,20-21H,3,8-11,16,30H2,1-2H3,(H,34,36)(H,31,32,35). The molecule has 4 N–H and O–H groups in total. The Bertz CT molecular complexity index is 1610. The average molecular weight is 566 g/mol. The minimum absolute atomic E-state index is 0.0990. The van der Waals surface area contributed by atoms with Gasteiger partial charge in [0, 0.05) is 12.1 Å². The van der Waals surface area contributed by atoms with Gasteiger partial charge in [-0.3, -0.25) is 4.72 Å². The second kappa shape index (κ2) is 11.7. The maximum Gasteiger partial charge on any atom is 0.238 e. The largest absolute Gasteiger partial charge is 0.480 e. The SMILES string of the molecule is CCc1cc(-c2ccc(NS(=O)(=O)Cc3ccc(F)cc3)nc2OC)nc2cnc(NC3CCC(N)CC3)nc12. The lowest BCUT2D eigenvalue weighted by Gasteiger charge is -2.26. The summed E-state index contributed by atoms with van der Waals surface area (Å²) in [4.78, 5) is 18.4. The van der Waals surface area contributed by atoms with Gasteiger partial charge in [-0.05, 0) is 73.6 Å². The highest BCUT2D eigenvalue weighted by Crippen LogP contribution is 2.32. The van der Waals surface area contributed by atoms with Crippen LogP contribution in [0, 0.1) is 5.82 Å². The third-order valence-electron chi connectivity index (χ3n) is 6.97. The van der Waals surface area contributed by atoms with Crippen molar-refractivity contribution in [2.24, 2.45) is 5.73 Å². The van der Waals surface area contributed by atoms with Crippen molar-refractivity contribution < 1.29 is 17.5 Å². The summed E-state index contributed by atoms with van der Waals surface area (Å²) >= 11 is 0. The molecule has 1 aliphatic carbocycles. The number of sulfonamides is 1. The summed E-state index contributed by atoms with van der Waals surface area (Å²) in [7, 11) is -2.33. The van der Waals surface area contributed by atoms with Gasteiger partial charge in [0.15, 0.2) is 0 Å². The molecule has 0 atom stereocenters. The minimum Gasteiger partial charge on any atom is -0.480 e. The van der Waals surface area contributed by atoms with Crippen LogP contribution < -0.4 is 20.5 Å². The number of nitrogens with one attached hydrogen (secondary N) is 2. The summed E-state index contributed by atoms with van der Waals surface area (Å²) in [5.74, 6) is 0.135. The molecule has 5 rings (SSSR count). The number of aromatic nitrogens is 4. The molecule has 12 heteroatoms. The van der Waals surface area contributed by atoms with Crippen LogP contribution in [-0.2, 0) is 22.2 Å². The molecule has 1 aromatic carbocycles. The number of nitrogens with two attached hydrogens (primary N) is 1. The van der Waals surface area contributed by atoms with Gasteiger partial charge >= 0.3 is 0 Å². The molecule has 4 aromatic rings. The number of rotatable bonds is 9. The van der Waals surface area contributed by atoms with E-state index in [1.54, 1.807) is 18.3 Å². The summed E-state index contributed by atoms with van der Waals surface area (Å²) in [6, 6.07) is 11.1. The summed E-state index contributed by atoms with van der Waals surface area (Å²) in [6.45, 7) is 2.05. The maximum absolute atomic E-state index is 13.2. The van der Waals surface area contributed by atoms with Crippen LogP contribution in [0.15, 0.2) is 48.7 Å². The van der Waals surface area contributed by atoms with E-state index < -0.39 is 15.8 Å². The fraction of sp³-hybridized carbons (Fsp3) is 0.357. The molecule has 1 fully saturated rings. The molecule has 0 unspecified atom stereocenters. The second-order valence-corrected chi connectivity index (χ2v) is 11.7. The number of halogens is 1. The molecule has 0 amide bonds. The van der Waals surface area contributed by atoms with Crippen molar-refractivity contribution in [3.05, 3.63) is 65.6 Å². The number of nitrogens with zero attached hydrogens (tertiary/aromatic N) is 4. The lowest BCUT2D eigenvalue weighted by Crippen LogP contribution is -2.33. The second-order valence-electron chi connectivity index (χ2n) is 9.94. The summed E-state index contributed by atoms with van der Waals surface area (Å²) in [6.07, 6.45) is 6.39. The molecule has 10 nitrogen and oxygen atoms in total. The van der Waals surface area contributed by atoms with E-state index in [0.29, 0.717) is 34.3 Å². The zero-order valence-corrected chi connectivity index (χ0v) is 23.2. The van der Waals surface area contributed by atoms with Gasteiger partial charge in [-0.25, -0.2) is 27.8 Å². The van der Waals surface area contributed by atoms with Crippen LogP contribution in [0.25, 0.3) is 22.3 Å². The molecular weight excluding hydrogens is 533 g/mol. The van der Waals surface area contributed by atoms with Gasteiger partial charge in [-0.15, -0.1) is 0 Å². The normalized spacial score (nSPS) is 17.5. The highest BCUT2D eigenvalue weighted by molar-refractivity contribution is 7.91. The highest BCUT2D eigenvalue weighted by atomic mass is 32.2. The molecule has 0 aliphatic heterocycles. The van der Waals surface area contributed by atoms with Gasteiger partial charge in [0.1, 0.15) is 17.2 Å². The Balaban J connectivity index is 1.39. The molecular formula is C28H32FN7O3S. The van der Waals surface area contributed by atoms with Crippen molar-refractivity contribution in [1.29, 1.82) is 0 Å². The highest BCUT2D eigenvalue weighted by Gasteiger charge is 2.20. The van der Waals surface area contributed by atoms with Crippen molar-refractivity contribution in [3.8, 4) is 17.1 Å². The van der Waals surface area contributed by atoms with Crippen molar-refractivity contribution >= 4 is 32.8 Å². The number of methoxy groups -OCH3 is 1. The molecule has 0 spiro atoms. The Morgan fingerprint density at radius 1 is 1.05 bits per heavy atom. The van der Waals surface area contributed by atoms with Crippen LogP contribution in [0.3, 0.4) is 0 Å². The number of ether oxygens (including phenoxy) is 1. The molecule has 0 radical (unpaired) electrons. The third-order valence-corrected chi connectivity index (χ3v) is 8.20. The average Bonchev–Trinajstić information content (AvgIpc) is 2.94. The van der Waals surface area contributed by atoms with Gasteiger partial charge in [0.25, 0.3) is 0 Å². The summed E-state index contributed by atoms with van der Waals surface area (Å²) < 4.78 is 46.5. The predicted octanol–water partition coefficient (Wildman–Crippen LogP) is 4.42.